The maximum Gasteiger partial charge on any atom is 0.290 e. The van der Waals surface area contributed by atoms with Crippen LogP contribution in [0.2, 0.25) is 0 Å². The molecule has 1 spiro atoms. The van der Waals surface area contributed by atoms with Crippen molar-refractivity contribution in [2.24, 2.45) is 0 Å². The van der Waals surface area contributed by atoms with Gasteiger partial charge in [0.25, 0.3) is 11.7 Å². The number of amides is 1. The minimum absolute atomic E-state index is 0.0264. The Labute approximate surface area is 156 Å². The summed E-state index contributed by atoms with van der Waals surface area (Å²) in [5.74, 6) is -6.53. The van der Waals surface area contributed by atoms with E-state index < -0.39 is 28.8 Å². The minimum atomic E-state index is -2.67. The summed E-state index contributed by atoms with van der Waals surface area (Å²) in [5.41, 5.74) is -2.12. The van der Waals surface area contributed by atoms with Crippen LogP contribution < -0.4 is 0 Å². The zero-order chi connectivity index (χ0) is 19.6. The van der Waals surface area contributed by atoms with Crippen molar-refractivity contribution in [3.8, 4) is 0 Å². The number of benzene rings is 1. The van der Waals surface area contributed by atoms with Gasteiger partial charge >= 0.3 is 0 Å². The Hall–Kier alpha value is -2.35. The summed E-state index contributed by atoms with van der Waals surface area (Å²) >= 11 is 0. The topological polar surface area (TPSA) is 110 Å². The summed E-state index contributed by atoms with van der Waals surface area (Å²) in [6.07, 6.45) is 3.35. The van der Waals surface area contributed by atoms with Gasteiger partial charge in [-0.25, -0.2) is 0 Å². The molecule has 1 aromatic rings. The Morgan fingerprint density at radius 2 is 1.78 bits per heavy atom. The minimum Gasteiger partial charge on any atom is -0.503 e. The third kappa shape index (κ3) is 1.84. The second kappa shape index (κ2) is 5.58. The predicted octanol–water partition coefficient (Wildman–Crippen LogP) is 1.50. The Morgan fingerprint density at radius 3 is 2.44 bits per heavy atom. The van der Waals surface area contributed by atoms with E-state index in [1.165, 1.54) is 12.1 Å². The van der Waals surface area contributed by atoms with Crippen LogP contribution in [0.5, 0.6) is 0 Å². The van der Waals surface area contributed by atoms with E-state index in [9.17, 15) is 25.2 Å². The normalized spacial score (nSPS) is 30.4. The van der Waals surface area contributed by atoms with Crippen LogP contribution in [0.1, 0.15) is 43.7 Å². The monoisotopic (exact) mass is 373 g/mol. The number of unbranched alkanes of at least 4 members (excludes halogenated alkanes) is 3. The molecule has 1 amide bonds. The van der Waals surface area contributed by atoms with E-state index in [-0.39, 0.29) is 29.0 Å². The van der Waals surface area contributed by atoms with Gasteiger partial charge in [-0.2, -0.15) is 0 Å². The summed E-state index contributed by atoms with van der Waals surface area (Å²) in [6.45, 7) is 5.87. The summed E-state index contributed by atoms with van der Waals surface area (Å²) in [4.78, 5) is 14.0. The van der Waals surface area contributed by atoms with Gasteiger partial charge in [0.15, 0.2) is 5.76 Å². The number of nitrogens with zero attached hydrogens (tertiary/aromatic N) is 1. The summed E-state index contributed by atoms with van der Waals surface area (Å²) in [6, 6.07) is 6.19. The molecule has 2 heterocycles. The largest absolute Gasteiger partial charge is 0.503 e. The van der Waals surface area contributed by atoms with Gasteiger partial charge in [0, 0.05) is 17.7 Å². The molecule has 0 saturated carbocycles. The van der Waals surface area contributed by atoms with Gasteiger partial charge in [0.05, 0.1) is 5.57 Å². The molecule has 0 bridgehead atoms. The maximum atomic E-state index is 12.8. The quantitative estimate of drug-likeness (QED) is 0.460. The first-order chi connectivity index (χ1) is 12.7. The van der Waals surface area contributed by atoms with Gasteiger partial charge in [0.1, 0.15) is 5.76 Å². The molecule has 144 valence electrons. The molecular weight excluding hydrogens is 350 g/mol. The maximum absolute atomic E-state index is 12.8. The molecule has 2 atom stereocenters. The molecule has 4 N–H and O–H groups in total. The smallest absolute Gasteiger partial charge is 0.290 e. The van der Waals surface area contributed by atoms with Gasteiger partial charge in [-0.15, -0.1) is 0 Å². The fourth-order valence-corrected chi connectivity index (χ4v) is 4.77. The number of aliphatic hydroxyl groups is 4. The predicted molar refractivity (Wildman–Crippen MR) is 94.9 cm³/mol. The highest BCUT2D eigenvalue weighted by Crippen LogP contribution is 2.68. The molecule has 7 nitrogen and oxygen atoms in total. The van der Waals surface area contributed by atoms with Crippen molar-refractivity contribution in [1.82, 2.24) is 4.90 Å². The molecule has 1 aromatic carbocycles. The van der Waals surface area contributed by atoms with E-state index >= 15 is 0 Å². The fraction of sp³-hybridized carbons (Fsp3) is 0.450. The van der Waals surface area contributed by atoms with Crippen molar-refractivity contribution in [1.29, 1.82) is 0 Å². The van der Waals surface area contributed by atoms with Crippen LogP contribution in [0.4, 0.5) is 0 Å². The Morgan fingerprint density at radius 1 is 1.11 bits per heavy atom. The SMILES string of the molecule is C=C1OC2(O)c3ccccc3C(O)(O)C23C1=C(O)C(=O)N3CCCCCC. The van der Waals surface area contributed by atoms with Crippen LogP contribution in [-0.2, 0) is 21.1 Å². The Kier molecular flexibility index (Phi) is 3.72. The zero-order valence-corrected chi connectivity index (χ0v) is 15.1. The first-order valence-corrected chi connectivity index (χ1v) is 9.16. The van der Waals surface area contributed by atoms with Gasteiger partial charge < -0.3 is 30.1 Å². The molecule has 7 heteroatoms. The van der Waals surface area contributed by atoms with Crippen LogP contribution in [0.25, 0.3) is 0 Å². The number of hydrogen-bond donors (Lipinski definition) is 4. The molecular formula is C20H23NO6. The van der Waals surface area contributed by atoms with E-state index in [1.54, 1.807) is 12.1 Å². The number of carbonyl (C=O) groups is 1. The van der Waals surface area contributed by atoms with Crippen molar-refractivity contribution < 1.29 is 30.0 Å². The highest BCUT2D eigenvalue weighted by atomic mass is 16.6. The van der Waals surface area contributed by atoms with Crippen molar-refractivity contribution in [2.75, 3.05) is 6.54 Å². The van der Waals surface area contributed by atoms with E-state index in [4.69, 9.17) is 4.74 Å². The second-order valence-electron chi connectivity index (χ2n) is 7.34. The molecule has 1 aliphatic carbocycles. The number of aliphatic hydroxyl groups excluding tert-OH is 1. The van der Waals surface area contributed by atoms with E-state index in [2.05, 4.69) is 13.5 Å². The number of carbonyl (C=O) groups excluding carboxylic acids is 1. The van der Waals surface area contributed by atoms with E-state index in [0.29, 0.717) is 6.42 Å². The van der Waals surface area contributed by atoms with Crippen LogP contribution in [0.15, 0.2) is 47.9 Å². The lowest BCUT2D eigenvalue weighted by Gasteiger charge is -2.45. The number of ether oxygens (including phenoxy) is 1. The highest BCUT2D eigenvalue weighted by molar-refractivity contribution is 5.99. The number of fused-ring (bicyclic) bond motifs is 2. The van der Waals surface area contributed by atoms with Gasteiger partial charge in [-0.05, 0) is 6.42 Å². The molecule has 0 radical (unpaired) electrons. The lowest BCUT2D eigenvalue weighted by Crippen LogP contribution is -2.66. The first kappa shape index (κ1) is 18.0. The molecule has 4 rings (SSSR count). The van der Waals surface area contributed by atoms with Crippen molar-refractivity contribution in [3.05, 3.63) is 59.1 Å². The first-order valence-electron chi connectivity index (χ1n) is 9.16. The third-order valence-electron chi connectivity index (χ3n) is 5.90. The zero-order valence-electron chi connectivity index (χ0n) is 15.1. The molecule has 2 aliphatic heterocycles. The average Bonchev–Trinajstić information content (AvgIpc) is 3.08. The fourth-order valence-electron chi connectivity index (χ4n) is 4.77. The highest BCUT2D eigenvalue weighted by Gasteiger charge is 2.84. The average molecular weight is 373 g/mol. The van der Waals surface area contributed by atoms with Crippen LogP contribution in [0, 0.1) is 0 Å². The van der Waals surface area contributed by atoms with Gasteiger partial charge in [-0.3, -0.25) is 4.79 Å². The molecule has 0 aromatic heterocycles. The molecule has 1 fully saturated rings. The Balaban J connectivity index is 1.92. The lowest BCUT2D eigenvalue weighted by molar-refractivity contribution is -0.311. The summed E-state index contributed by atoms with van der Waals surface area (Å²) in [5, 5.41) is 44.4. The summed E-state index contributed by atoms with van der Waals surface area (Å²) in [7, 11) is 0. The van der Waals surface area contributed by atoms with Crippen molar-refractivity contribution in [3.63, 3.8) is 0 Å². The van der Waals surface area contributed by atoms with Crippen LogP contribution in [-0.4, -0.2) is 43.3 Å². The van der Waals surface area contributed by atoms with Gasteiger partial charge in [-0.1, -0.05) is 57.0 Å². The number of hydrogen-bond acceptors (Lipinski definition) is 6. The molecule has 27 heavy (non-hydrogen) atoms. The number of rotatable bonds is 5. The lowest BCUT2D eigenvalue weighted by atomic mass is 9.79. The van der Waals surface area contributed by atoms with Crippen LogP contribution >= 0.6 is 0 Å². The Bertz CT molecular complexity index is 875. The molecule has 1 saturated heterocycles. The molecule has 3 aliphatic rings. The summed E-state index contributed by atoms with van der Waals surface area (Å²) < 4.78 is 5.60. The standard InChI is InChI=1S/C20H23NO6/c1-3-4-5-8-11-21-17(23)16(22)15-12(2)27-20(26)14-10-7-6-9-13(14)19(24,25)18(15,20)21/h6-7,9-10,22,24-26H,2-5,8,11H2,1H3. The van der Waals surface area contributed by atoms with Crippen molar-refractivity contribution >= 4 is 5.91 Å². The molecule has 2 unspecified atom stereocenters. The second-order valence-corrected chi connectivity index (χ2v) is 7.34. The van der Waals surface area contributed by atoms with E-state index in [1.807, 2.05) is 0 Å². The third-order valence-corrected chi connectivity index (χ3v) is 5.90. The van der Waals surface area contributed by atoms with Crippen LogP contribution in [0.3, 0.4) is 0 Å². The van der Waals surface area contributed by atoms with E-state index in [0.717, 1.165) is 24.2 Å². The van der Waals surface area contributed by atoms with Gasteiger partial charge in [0.2, 0.25) is 11.3 Å². The van der Waals surface area contributed by atoms with Crippen molar-refractivity contribution in [2.45, 2.75) is 49.7 Å².